The standard InChI is InChI=1S/C35H42O9/c1-19-26(39)18-25-31(41-21(3)36)30-20(2)27(44-28(40)15-14-24-12-10-9-11-13-24)16-17-35(30,8)33(43-23(5)38)32(42-22(4)37)29(19)34(25,6)7/h9-15,25,27,30-33H,2,16-18H2,1,3-8H3/b15-14+/t25-,27?,30-,31?,32?,33?,35+/m0/s1. The fraction of sp³-hybridized carbons (Fsp3) is 0.514. The molecule has 1 aromatic carbocycles. The zero-order chi connectivity index (χ0) is 32.6. The molecule has 0 heterocycles. The Kier molecular flexibility index (Phi) is 9.37. The molecule has 3 aliphatic carbocycles. The number of hydrogen-bond acceptors (Lipinski definition) is 9. The van der Waals surface area contributed by atoms with Crippen molar-refractivity contribution >= 4 is 35.7 Å². The summed E-state index contributed by atoms with van der Waals surface area (Å²) in [4.78, 5) is 64.4. The highest BCUT2D eigenvalue weighted by Gasteiger charge is 2.64. The van der Waals surface area contributed by atoms with Gasteiger partial charge < -0.3 is 18.9 Å². The van der Waals surface area contributed by atoms with Crippen molar-refractivity contribution in [3.8, 4) is 0 Å². The van der Waals surface area contributed by atoms with Crippen LogP contribution in [0.25, 0.3) is 6.08 Å². The monoisotopic (exact) mass is 606 g/mol. The normalized spacial score (nSPS) is 31.3. The summed E-state index contributed by atoms with van der Waals surface area (Å²) in [6.45, 7) is 15.6. The van der Waals surface area contributed by atoms with Gasteiger partial charge in [0.15, 0.2) is 11.9 Å². The number of ether oxygens (including phenoxy) is 4. The second-order valence-corrected chi connectivity index (χ2v) is 12.9. The average molecular weight is 607 g/mol. The summed E-state index contributed by atoms with van der Waals surface area (Å²) >= 11 is 0. The Morgan fingerprint density at radius 3 is 2.11 bits per heavy atom. The number of ketones is 1. The van der Waals surface area contributed by atoms with Gasteiger partial charge in [0.05, 0.1) is 0 Å². The number of benzene rings is 1. The van der Waals surface area contributed by atoms with Gasteiger partial charge in [-0.2, -0.15) is 0 Å². The van der Waals surface area contributed by atoms with Crippen molar-refractivity contribution in [3.63, 3.8) is 0 Å². The Labute approximate surface area is 258 Å². The number of carbonyl (C=O) groups excluding carboxylic acids is 5. The third-order valence-corrected chi connectivity index (χ3v) is 9.61. The quantitative estimate of drug-likeness (QED) is 0.183. The van der Waals surface area contributed by atoms with Crippen molar-refractivity contribution in [2.75, 3.05) is 0 Å². The molecule has 0 spiro atoms. The molecule has 0 aromatic heterocycles. The summed E-state index contributed by atoms with van der Waals surface area (Å²) in [6.07, 6.45) is -0.0137. The summed E-state index contributed by atoms with van der Waals surface area (Å²) in [5, 5.41) is 0. The third-order valence-electron chi connectivity index (χ3n) is 9.61. The predicted octanol–water partition coefficient (Wildman–Crippen LogP) is 5.32. The van der Waals surface area contributed by atoms with Crippen LogP contribution in [0.5, 0.6) is 0 Å². The van der Waals surface area contributed by atoms with Crippen molar-refractivity contribution in [2.45, 2.75) is 92.1 Å². The van der Waals surface area contributed by atoms with Gasteiger partial charge >= 0.3 is 23.9 Å². The lowest BCUT2D eigenvalue weighted by atomic mass is 9.49. The van der Waals surface area contributed by atoms with E-state index in [9.17, 15) is 24.0 Å². The van der Waals surface area contributed by atoms with E-state index < -0.39 is 71.0 Å². The topological polar surface area (TPSA) is 122 Å². The van der Waals surface area contributed by atoms with Gasteiger partial charge in [0.1, 0.15) is 18.3 Å². The van der Waals surface area contributed by atoms with E-state index in [1.807, 2.05) is 51.1 Å². The van der Waals surface area contributed by atoms with Crippen LogP contribution in [0.1, 0.15) is 73.3 Å². The van der Waals surface area contributed by atoms with Crippen LogP contribution in [0.3, 0.4) is 0 Å². The number of Topliss-reactive ketones (excluding diaryl/α,β-unsaturated/α-hetero) is 1. The molecule has 236 valence electrons. The maximum Gasteiger partial charge on any atom is 0.331 e. The zero-order valence-corrected chi connectivity index (χ0v) is 26.5. The van der Waals surface area contributed by atoms with E-state index in [2.05, 4.69) is 6.58 Å². The lowest BCUT2D eigenvalue weighted by molar-refractivity contribution is -0.202. The van der Waals surface area contributed by atoms with Gasteiger partial charge in [-0.1, -0.05) is 57.7 Å². The maximum absolute atomic E-state index is 13.5. The highest BCUT2D eigenvalue weighted by atomic mass is 16.6. The molecule has 4 unspecified atom stereocenters. The Bertz CT molecular complexity index is 1420. The number of hydrogen-bond donors (Lipinski definition) is 0. The van der Waals surface area contributed by atoms with Gasteiger partial charge in [-0.25, -0.2) is 4.79 Å². The van der Waals surface area contributed by atoms with E-state index in [1.54, 1.807) is 13.0 Å². The number of allylic oxidation sites excluding steroid dienone is 1. The van der Waals surface area contributed by atoms with E-state index >= 15 is 0 Å². The molecule has 2 bridgehead atoms. The van der Waals surface area contributed by atoms with Gasteiger partial charge in [0, 0.05) is 50.5 Å². The van der Waals surface area contributed by atoms with Crippen LogP contribution in [0, 0.1) is 22.7 Å². The Morgan fingerprint density at radius 1 is 0.909 bits per heavy atom. The first kappa shape index (κ1) is 32.9. The van der Waals surface area contributed by atoms with Crippen LogP contribution in [-0.2, 0) is 42.9 Å². The first-order valence-corrected chi connectivity index (χ1v) is 15.0. The van der Waals surface area contributed by atoms with Crippen molar-refractivity contribution in [3.05, 3.63) is 65.3 Å². The molecule has 3 aliphatic rings. The summed E-state index contributed by atoms with van der Waals surface area (Å²) in [6, 6.07) is 9.32. The molecule has 9 heteroatoms. The molecule has 0 radical (unpaired) electrons. The number of esters is 4. The zero-order valence-electron chi connectivity index (χ0n) is 26.5. The third kappa shape index (κ3) is 6.28. The highest BCUT2D eigenvalue weighted by Crippen LogP contribution is 2.60. The van der Waals surface area contributed by atoms with Gasteiger partial charge in [0.25, 0.3) is 0 Å². The molecule has 0 aliphatic heterocycles. The molecular formula is C35H42O9. The predicted molar refractivity (Wildman–Crippen MR) is 162 cm³/mol. The smallest absolute Gasteiger partial charge is 0.331 e. The van der Waals surface area contributed by atoms with Gasteiger partial charge in [-0.05, 0) is 53.5 Å². The molecule has 2 saturated carbocycles. The van der Waals surface area contributed by atoms with Crippen LogP contribution in [-0.4, -0.2) is 54.1 Å². The van der Waals surface area contributed by atoms with Crippen LogP contribution in [0.15, 0.2) is 59.7 Å². The molecule has 1 aromatic rings. The fourth-order valence-electron chi connectivity index (χ4n) is 7.65. The molecule has 7 atom stereocenters. The summed E-state index contributed by atoms with van der Waals surface area (Å²) in [7, 11) is 0. The SMILES string of the molecule is C=C1C(OC(=O)/C=C/c2ccccc2)CC[C@@]2(C)C(OC(C)=O)C(OC(C)=O)C3=C(C)C(=O)C[C@@H](C(OC(C)=O)[C@H]12)C3(C)C. The lowest BCUT2D eigenvalue weighted by Crippen LogP contribution is -2.64. The second-order valence-electron chi connectivity index (χ2n) is 12.9. The highest BCUT2D eigenvalue weighted by molar-refractivity contribution is 5.97. The minimum atomic E-state index is -1.08. The summed E-state index contributed by atoms with van der Waals surface area (Å²) in [5.74, 6) is -3.76. The minimum Gasteiger partial charge on any atom is -0.462 e. The number of carbonyl (C=O) groups is 5. The molecule has 0 N–H and O–H groups in total. The Hall–Kier alpha value is -4.01. The number of fused-ring (bicyclic) bond motifs is 3. The van der Waals surface area contributed by atoms with E-state index in [4.69, 9.17) is 18.9 Å². The van der Waals surface area contributed by atoms with Crippen LogP contribution >= 0.6 is 0 Å². The fourth-order valence-corrected chi connectivity index (χ4v) is 7.65. The minimum absolute atomic E-state index is 0.0788. The molecule has 4 rings (SSSR count). The van der Waals surface area contributed by atoms with Crippen LogP contribution < -0.4 is 0 Å². The molecule has 2 fully saturated rings. The van der Waals surface area contributed by atoms with Crippen LogP contribution in [0.2, 0.25) is 0 Å². The van der Waals surface area contributed by atoms with Crippen LogP contribution in [0.4, 0.5) is 0 Å². The van der Waals surface area contributed by atoms with Crippen molar-refractivity contribution < 1.29 is 42.9 Å². The first-order valence-electron chi connectivity index (χ1n) is 15.0. The van der Waals surface area contributed by atoms with Crippen molar-refractivity contribution in [2.24, 2.45) is 22.7 Å². The molecular weight excluding hydrogens is 564 g/mol. The van der Waals surface area contributed by atoms with E-state index in [0.29, 0.717) is 29.6 Å². The molecule has 44 heavy (non-hydrogen) atoms. The summed E-state index contributed by atoms with van der Waals surface area (Å²) in [5.41, 5.74) is 0.459. The van der Waals surface area contributed by atoms with E-state index in [1.165, 1.54) is 26.8 Å². The van der Waals surface area contributed by atoms with Crippen molar-refractivity contribution in [1.82, 2.24) is 0 Å². The molecule has 0 amide bonds. The van der Waals surface area contributed by atoms with E-state index in [0.717, 1.165) is 5.56 Å². The number of rotatable bonds is 6. The lowest BCUT2D eigenvalue weighted by Gasteiger charge is -2.59. The Morgan fingerprint density at radius 2 is 1.52 bits per heavy atom. The summed E-state index contributed by atoms with van der Waals surface area (Å²) < 4.78 is 24.0. The Balaban J connectivity index is 1.86. The van der Waals surface area contributed by atoms with Crippen molar-refractivity contribution in [1.29, 1.82) is 0 Å². The van der Waals surface area contributed by atoms with Gasteiger partial charge in [0.2, 0.25) is 0 Å². The molecule has 0 saturated heterocycles. The van der Waals surface area contributed by atoms with E-state index in [-0.39, 0.29) is 12.2 Å². The second kappa shape index (κ2) is 12.5. The first-order chi connectivity index (χ1) is 20.6. The largest absolute Gasteiger partial charge is 0.462 e. The molecule has 9 nitrogen and oxygen atoms in total. The van der Waals surface area contributed by atoms with Gasteiger partial charge in [-0.15, -0.1) is 0 Å². The average Bonchev–Trinajstić information content (AvgIpc) is 2.93. The van der Waals surface area contributed by atoms with Gasteiger partial charge in [-0.3, -0.25) is 19.2 Å². The maximum atomic E-state index is 13.5.